The molecule has 206 valence electrons. The van der Waals surface area contributed by atoms with E-state index in [2.05, 4.69) is 73.7 Å². The van der Waals surface area contributed by atoms with Gasteiger partial charge in [0.2, 0.25) is 11.8 Å². The van der Waals surface area contributed by atoms with Crippen molar-refractivity contribution in [1.82, 2.24) is 19.8 Å². The molecule has 3 heterocycles. The highest BCUT2D eigenvalue weighted by molar-refractivity contribution is 7.99. The number of anilines is 2. The smallest absolute Gasteiger partial charge is 0.233 e. The van der Waals surface area contributed by atoms with Crippen molar-refractivity contribution >= 4 is 46.7 Å². The van der Waals surface area contributed by atoms with Gasteiger partial charge in [0.15, 0.2) is 5.16 Å². The monoisotopic (exact) mass is 558 g/mol. The Labute approximate surface area is 235 Å². The number of nitrogens with zero attached hydrogens (tertiary/aromatic N) is 6. The Morgan fingerprint density at radius 2 is 1.68 bits per heavy atom. The van der Waals surface area contributed by atoms with E-state index in [1.807, 2.05) is 9.80 Å². The first-order valence-electron chi connectivity index (χ1n) is 13.3. The lowest BCUT2D eigenvalue weighted by Crippen LogP contribution is -2.54. The zero-order valence-corrected chi connectivity index (χ0v) is 24.7. The minimum Gasteiger partial charge on any atom is -0.368 e. The number of carbonyl (C=O) groups excluding carboxylic acids is 2. The predicted octanol–water partition coefficient (Wildman–Crippen LogP) is 4.35. The van der Waals surface area contributed by atoms with Crippen LogP contribution < -0.4 is 9.80 Å². The fourth-order valence-electron chi connectivity index (χ4n) is 5.04. The molecule has 2 fully saturated rings. The van der Waals surface area contributed by atoms with E-state index < -0.39 is 0 Å². The number of hydrogen-bond donors (Lipinski definition) is 0. The Balaban J connectivity index is 1.30. The van der Waals surface area contributed by atoms with E-state index in [1.54, 1.807) is 6.07 Å². The van der Waals surface area contributed by atoms with Crippen LogP contribution in [-0.4, -0.2) is 89.2 Å². The third-order valence-corrected chi connectivity index (χ3v) is 8.05. The molecule has 1 aromatic carbocycles. The number of benzene rings is 1. The number of amides is 2. The van der Waals surface area contributed by atoms with Crippen LogP contribution in [0.3, 0.4) is 0 Å². The summed E-state index contributed by atoms with van der Waals surface area (Å²) in [5, 5.41) is 0.856. The molecule has 1 atom stereocenters. The molecule has 4 rings (SSSR count). The van der Waals surface area contributed by atoms with E-state index in [1.165, 1.54) is 23.0 Å². The summed E-state index contributed by atoms with van der Waals surface area (Å²) in [6.45, 7) is 15.5. The van der Waals surface area contributed by atoms with E-state index in [9.17, 15) is 9.59 Å². The quantitative estimate of drug-likeness (QED) is 0.296. The van der Waals surface area contributed by atoms with Gasteiger partial charge in [-0.15, -0.1) is 0 Å². The SMILES string of the molecule is Cc1ccccc1N1CCN(C(=O)CSc2nc(Cl)cc(N3CCN(C(=O)CC(C)(C)C)C(C)C3)n2)CC1. The van der Waals surface area contributed by atoms with Gasteiger partial charge in [0, 0.05) is 70.0 Å². The molecular formula is C28H39ClN6O2S. The van der Waals surface area contributed by atoms with Gasteiger partial charge in [0.05, 0.1) is 5.75 Å². The van der Waals surface area contributed by atoms with Crippen molar-refractivity contribution in [3.05, 3.63) is 41.0 Å². The van der Waals surface area contributed by atoms with Gasteiger partial charge in [-0.1, -0.05) is 62.3 Å². The molecule has 2 amide bonds. The number of piperazine rings is 2. The Morgan fingerprint density at radius 3 is 2.34 bits per heavy atom. The molecule has 10 heteroatoms. The Hall–Kier alpha value is -2.52. The topological polar surface area (TPSA) is 72.9 Å². The van der Waals surface area contributed by atoms with Crippen molar-refractivity contribution < 1.29 is 9.59 Å². The van der Waals surface area contributed by atoms with Crippen LogP contribution in [0.5, 0.6) is 0 Å². The first-order valence-corrected chi connectivity index (χ1v) is 14.7. The summed E-state index contributed by atoms with van der Waals surface area (Å²) in [5.41, 5.74) is 2.46. The summed E-state index contributed by atoms with van der Waals surface area (Å²) in [5.74, 6) is 1.29. The minimum absolute atomic E-state index is 0.0355. The Bertz CT molecular complexity index is 1150. The highest BCUT2D eigenvalue weighted by Gasteiger charge is 2.30. The van der Waals surface area contributed by atoms with Crippen LogP contribution in [-0.2, 0) is 9.59 Å². The number of rotatable bonds is 6. The maximum atomic E-state index is 12.9. The van der Waals surface area contributed by atoms with Gasteiger partial charge in [0.25, 0.3) is 0 Å². The standard InChI is InChI=1S/C28H39ClN6O2S/c1-20-8-6-7-9-22(20)32-10-12-33(13-11-32)26(37)19-38-27-30-23(29)16-24(31-27)34-14-15-35(21(2)18-34)25(36)17-28(3,4)5/h6-9,16,21H,10-15,17-19H2,1-5H3. The van der Waals surface area contributed by atoms with Crippen LogP contribution in [0.4, 0.5) is 11.5 Å². The van der Waals surface area contributed by atoms with Crippen molar-refractivity contribution in [3.63, 3.8) is 0 Å². The van der Waals surface area contributed by atoms with Crippen molar-refractivity contribution in [3.8, 4) is 0 Å². The first kappa shape index (κ1) is 28.5. The van der Waals surface area contributed by atoms with Gasteiger partial charge in [0.1, 0.15) is 11.0 Å². The molecular weight excluding hydrogens is 520 g/mol. The van der Waals surface area contributed by atoms with E-state index in [0.29, 0.717) is 49.5 Å². The normalized spacial score (nSPS) is 18.6. The summed E-state index contributed by atoms with van der Waals surface area (Å²) in [4.78, 5) is 43.2. The summed E-state index contributed by atoms with van der Waals surface area (Å²) >= 11 is 7.68. The fourth-order valence-corrected chi connectivity index (χ4v) is 6.02. The maximum absolute atomic E-state index is 12.9. The van der Waals surface area contributed by atoms with Gasteiger partial charge in [-0.25, -0.2) is 9.97 Å². The van der Waals surface area contributed by atoms with Crippen molar-refractivity contribution in [2.45, 2.75) is 52.2 Å². The minimum atomic E-state index is -0.0355. The molecule has 2 aliphatic heterocycles. The molecule has 0 saturated carbocycles. The first-order chi connectivity index (χ1) is 18.0. The van der Waals surface area contributed by atoms with Crippen LogP contribution in [0.25, 0.3) is 0 Å². The molecule has 0 radical (unpaired) electrons. The lowest BCUT2D eigenvalue weighted by molar-refractivity contribution is -0.135. The molecule has 1 aromatic heterocycles. The summed E-state index contributed by atoms with van der Waals surface area (Å²) in [7, 11) is 0. The number of hydrogen-bond acceptors (Lipinski definition) is 7. The third kappa shape index (κ3) is 7.32. The van der Waals surface area contributed by atoms with Crippen LogP contribution in [0.15, 0.2) is 35.5 Å². The average molecular weight is 559 g/mol. The van der Waals surface area contributed by atoms with E-state index in [4.69, 9.17) is 16.6 Å². The molecule has 8 nitrogen and oxygen atoms in total. The zero-order valence-electron chi connectivity index (χ0n) is 23.1. The number of aromatic nitrogens is 2. The Morgan fingerprint density at radius 1 is 1.00 bits per heavy atom. The number of para-hydroxylation sites is 1. The van der Waals surface area contributed by atoms with E-state index in [-0.39, 0.29) is 29.0 Å². The van der Waals surface area contributed by atoms with Gasteiger partial charge in [-0.2, -0.15) is 0 Å². The van der Waals surface area contributed by atoms with Crippen LogP contribution >= 0.6 is 23.4 Å². The molecule has 0 spiro atoms. The van der Waals surface area contributed by atoms with Crippen LogP contribution in [0.2, 0.25) is 5.15 Å². The number of carbonyl (C=O) groups is 2. The van der Waals surface area contributed by atoms with Gasteiger partial charge in [-0.05, 0) is 30.9 Å². The lowest BCUT2D eigenvalue weighted by atomic mass is 9.91. The summed E-state index contributed by atoms with van der Waals surface area (Å²) in [6, 6.07) is 10.2. The molecule has 2 aliphatic rings. The molecule has 2 aromatic rings. The van der Waals surface area contributed by atoms with Crippen molar-refractivity contribution in [2.75, 3.05) is 61.4 Å². The summed E-state index contributed by atoms with van der Waals surface area (Å²) < 4.78 is 0. The highest BCUT2D eigenvalue weighted by atomic mass is 35.5. The number of thioether (sulfide) groups is 1. The number of aryl methyl sites for hydroxylation is 1. The van der Waals surface area contributed by atoms with Gasteiger partial charge >= 0.3 is 0 Å². The predicted molar refractivity (Wildman–Crippen MR) is 155 cm³/mol. The fraction of sp³-hybridized carbons (Fsp3) is 0.571. The zero-order chi connectivity index (χ0) is 27.4. The maximum Gasteiger partial charge on any atom is 0.233 e. The van der Waals surface area contributed by atoms with E-state index in [0.717, 1.165) is 18.9 Å². The molecule has 2 saturated heterocycles. The molecule has 0 bridgehead atoms. The molecule has 1 unspecified atom stereocenters. The average Bonchev–Trinajstić information content (AvgIpc) is 2.86. The molecule has 0 N–H and O–H groups in total. The third-order valence-electron chi connectivity index (χ3n) is 7.03. The van der Waals surface area contributed by atoms with Crippen molar-refractivity contribution in [2.24, 2.45) is 5.41 Å². The van der Waals surface area contributed by atoms with Crippen molar-refractivity contribution in [1.29, 1.82) is 0 Å². The Kier molecular flexibility index (Phi) is 9.08. The summed E-state index contributed by atoms with van der Waals surface area (Å²) in [6.07, 6.45) is 0.534. The van der Waals surface area contributed by atoms with Gasteiger partial charge < -0.3 is 19.6 Å². The van der Waals surface area contributed by atoms with Gasteiger partial charge in [-0.3, -0.25) is 9.59 Å². The molecule has 0 aliphatic carbocycles. The second-order valence-electron chi connectivity index (χ2n) is 11.4. The second-order valence-corrected chi connectivity index (χ2v) is 12.7. The highest BCUT2D eigenvalue weighted by Crippen LogP contribution is 2.27. The molecule has 38 heavy (non-hydrogen) atoms. The van der Waals surface area contributed by atoms with E-state index >= 15 is 0 Å². The lowest BCUT2D eigenvalue weighted by Gasteiger charge is -2.41. The number of halogens is 1. The van der Waals surface area contributed by atoms with Crippen LogP contribution in [0.1, 0.15) is 39.7 Å². The second kappa shape index (κ2) is 12.1. The van der Waals surface area contributed by atoms with Crippen LogP contribution in [0, 0.1) is 12.3 Å². The largest absolute Gasteiger partial charge is 0.368 e.